The third kappa shape index (κ3) is 3.73. The summed E-state index contributed by atoms with van der Waals surface area (Å²) in [6.45, 7) is 1.91. The van der Waals surface area contributed by atoms with Gasteiger partial charge in [0.1, 0.15) is 11.5 Å². The fraction of sp³-hybridized carbons (Fsp3) is 0.0500. The number of rotatable bonds is 3. The molecule has 1 amide bonds. The minimum atomic E-state index is -0.533. The van der Waals surface area contributed by atoms with E-state index in [9.17, 15) is 9.90 Å². The molecular formula is C20H17NO3. The third-order valence-electron chi connectivity index (χ3n) is 3.60. The van der Waals surface area contributed by atoms with E-state index in [-0.39, 0.29) is 5.75 Å². The first-order valence-corrected chi connectivity index (χ1v) is 7.56. The summed E-state index contributed by atoms with van der Waals surface area (Å²) in [4.78, 5) is 12.0. The van der Waals surface area contributed by atoms with Gasteiger partial charge in [-0.15, -0.1) is 0 Å². The maximum absolute atomic E-state index is 12.0. The number of hydrogen-bond donors (Lipinski definition) is 2. The topological polar surface area (TPSA) is 58.6 Å². The van der Waals surface area contributed by atoms with Gasteiger partial charge in [0.25, 0.3) is 0 Å². The predicted octanol–water partition coefficient (Wildman–Crippen LogP) is 4.98. The lowest BCUT2D eigenvalue weighted by molar-refractivity contribution is 0.215. The first kappa shape index (κ1) is 15.6. The Morgan fingerprint density at radius 1 is 0.917 bits per heavy atom. The van der Waals surface area contributed by atoms with Gasteiger partial charge in [0, 0.05) is 5.69 Å². The average Bonchev–Trinajstić information content (AvgIpc) is 2.57. The van der Waals surface area contributed by atoms with Gasteiger partial charge in [-0.3, -0.25) is 5.32 Å². The van der Waals surface area contributed by atoms with Gasteiger partial charge in [-0.25, -0.2) is 4.79 Å². The number of nitrogens with one attached hydrogen (secondary N) is 1. The number of carbonyl (C=O) groups is 1. The van der Waals surface area contributed by atoms with E-state index in [0.29, 0.717) is 11.4 Å². The van der Waals surface area contributed by atoms with Crippen molar-refractivity contribution >= 4 is 11.8 Å². The number of phenols is 1. The molecule has 3 aromatic rings. The molecule has 4 nitrogen and oxygen atoms in total. The number of carbonyl (C=O) groups excluding carboxylic acids is 1. The Labute approximate surface area is 140 Å². The van der Waals surface area contributed by atoms with Crippen LogP contribution >= 0.6 is 0 Å². The summed E-state index contributed by atoms with van der Waals surface area (Å²) in [5, 5.41) is 12.3. The highest BCUT2D eigenvalue weighted by Gasteiger charge is 2.08. The summed E-state index contributed by atoms with van der Waals surface area (Å²) >= 11 is 0. The fourth-order valence-electron chi connectivity index (χ4n) is 2.40. The van der Waals surface area contributed by atoms with E-state index in [4.69, 9.17) is 4.74 Å². The molecule has 0 aliphatic carbocycles. The van der Waals surface area contributed by atoms with E-state index in [1.54, 1.807) is 42.5 Å². The summed E-state index contributed by atoms with van der Waals surface area (Å²) in [6.07, 6.45) is -0.533. The predicted molar refractivity (Wildman–Crippen MR) is 94.4 cm³/mol. The highest BCUT2D eigenvalue weighted by Crippen LogP contribution is 2.27. The summed E-state index contributed by atoms with van der Waals surface area (Å²) in [5.74, 6) is 0.711. The van der Waals surface area contributed by atoms with Crippen molar-refractivity contribution in [3.63, 3.8) is 0 Å². The van der Waals surface area contributed by atoms with Crippen LogP contribution in [0.2, 0.25) is 0 Å². The van der Waals surface area contributed by atoms with Crippen LogP contribution in [0.5, 0.6) is 11.5 Å². The van der Waals surface area contributed by atoms with E-state index in [2.05, 4.69) is 5.32 Å². The Morgan fingerprint density at radius 2 is 1.67 bits per heavy atom. The van der Waals surface area contributed by atoms with E-state index in [1.807, 2.05) is 37.3 Å². The molecule has 0 aliphatic rings. The normalized spacial score (nSPS) is 10.2. The zero-order chi connectivity index (χ0) is 16.9. The van der Waals surface area contributed by atoms with Gasteiger partial charge < -0.3 is 9.84 Å². The molecule has 4 heteroatoms. The Bertz CT molecular complexity index is 860. The molecule has 0 atom stereocenters. The number of phenolic OH excluding ortho intramolecular Hbond substituents is 1. The van der Waals surface area contributed by atoms with Gasteiger partial charge in [0.05, 0.1) is 0 Å². The number of ether oxygens (including phenoxy) is 1. The molecular weight excluding hydrogens is 302 g/mol. The number of hydrogen-bond acceptors (Lipinski definition) is 3. The number of amides is 1. The molecule has 3 rings (SSSR count). The largest absolute Gasteiger partial charge is 0.508 e. The lowest BCUT2D eigenvalue weighted by Gasteiger charge is -2.11. The molecule has 0 saturated heterocycles. The zero-order valence-corrected chi connectivity index (χ0v) is 13.2. The SMILES string of the molecule is Cc1cc(-c2cccc(O)c2)ccc1NC(=O)Oc1ccccc1. The van der Waals surface area contributed by atoms with Crippen LogP contribution < -0.4 is 10.1 Å². The van der Waals surface area contributed by atoms with E-state index < -0.39 is 6.09 Å². The maximum Gasteiger partial charge on any atom is 0.417 e. The first-order valence-electron chi connectivity index (χ1n) is 7.56. The lowest BCUT2D eigenvalue weighted by Crippen LogP contribution is -2.17. The van der Waals surface area contributed by atoms with Crippen LogP contribution in [0.25, 0.3) is 11.1 Å². The lowest BCUT2D eigenvalue weighted by atomic mass is 10.0. The monoisotopic (exact) mass is 319 g/mol. The Morgan fingerprint density at radius 3 is 2.38 bits per heavy atom. The molecule has 120 valence electrons. The number of aromatic hydroxyl groups is 1. The number of benzene rings is 3. The molecule has 0 aliphatic heterocycles. The van der Waals surface area contributed by atoms with Crippen LogP contribution in [0.15, 0.2) is 72.8 Å². The van der Waals surface area contributed by atoms with Crippen LogP contribution in [0.1, 0.15) is 5.56 Å². The minimum absolute atomic E-state index is 0.221. The van der Waals surface area contributed by atoms with Gasteiger partial charge in [-0.05, 0) is 60.0 Å². The van der Waals surface area contributed by atoms with Crippen molar-refractivity contribution in [2.75, 3.05) is 5.32 Å². The molecule has 0 saturated carbocycles. The van der Waals surface area contributed by atoms with Crippen molar-refractivity contribution in [3.05, 3.63) is 78.4 Å². The van der Waals surface area contributed by atoms with Crippen LogP contribution in [0.3, 0.4) is 0 Å². The Hall–Kier alpha value is -3.27. The molecule has 2 N–H and O–H groups in total. The van der Waals surface area contributed by atoms with Gasteiger partial charge in [-0.2, -0.15) is 0 Å². The molecule has 0 spiro atoms. The van der Waals surface area contributed by atoms with Crippen molar-refractivity contribution in [2.24, 2.45) is 0 Å². The average molecular weight is 319 g/mol. The van der Waals surface area contributed by atoms with Crippen molar-refractivity contribution in [1.29, 1.82) is 0 Å². The zero-order valence-electron chi connectivity index (χ0n) is 13.2. The van der Waals surface area contributed by atoms with Gasteiger partial charge in [-0.1, -0.05) is 36.4 Å². The number of aryl methyl sites for hydroxylation is 1. The summed E-state index contributed by atoms with van der Waals surface area (Å²) in [7, 11) is 0. The second-order valence-electron chi connectivity index (χ2n) is 5.41. The quantitative estimate of drug-likeness (QED) is 0.716. The number of para-hydroxylation sites is 1. The van der Waals surface area contributed by atoms with Crippen LogP contribution in [0, 0.1) is 6.92 Å². The van der Waals surface area contributed by atoms with Gasteiger partial charge >= 0.3 is 6.09 Å². The Kier molecular flexibility index (Phi) is 4.47. The van der Waals surface area contributed by atoms with Gasteiger partial charge in [0.2, 0.25) is 0 Å². The summed E-state index contributed by atoms with van der Waals surface area (Å²) < 4.78 is 5.22. The van der Waals surface area contributed by atoms with Gasteiger partial charge in [0.15, 0.2) is 0 Å². The van der Waals surface area contributed by atoms with Crippen molar-refractivity contribution in [1.82, 2.24) is 0 Å². The molecule has 0 heterocycles. The number of anilines is 1. The molecule has 0 unspecified atom stereocenters. The molecule has 0 radical (unpaired) electrons. The fourth-order valence-corrected chi connectivity index (χ4v) is 2.40. The minimum Gasteiger partial charge on any atom is -0.508 e. The van der Waals surface area contributed by atoms with E-state index in [1.165, 1.54) is 0 Å². The van der Waals surface area contributed by atoms with E-state index >= 15 is 0 Å². The molecule has 0 bridgehead atoms. The molecule has 24 heavy (non-hydrogen) atoms. The highest BCUT2D eigenvalue weighted by atomic mass is 16.6. The van der Waals surface area contributed by atoms with Crippen LogP contribution in [-0.4, -0.2) is 11.2 Å². The summed E-state index contributed by atoms with van der Waals surface area (Å²) in [6, 6.07) is 21.6. The molecule has 3 aromatic carbocycles. The second-order valence-corrected chi connectivity index (χ2v) is 5.41. The molecule has 0 fully saturated rings. The first-order chi connectivity index (χ1) is 11.6. The van der Waals surface area contributed by atoms with Crippen molar-refractivity contribution in [3.8, 4) is 22.6 Å². The highest BCUT2D eigenvalue weighted by molar-refractivity contribution is 5.88. The smallest absolute Gasteiger partial charge is 0.417 e. The molecule has 0 aromatic heterocycles. The third-order valence-corrected chi connectivity index (χ3v) is 3.60. The Balaban J connectivity index is 1.74. The van der Waals surface area contributed by atoms with E-state index in [0.717, 1.165) is 16.7 Å². The van der Waals surface area contributed by atoms with Crippen molar-refractivity contribution in [2.45, 2.75) is 6.92 Å². The summed E-state index contributed by atoms with van der Waals surface area (Å²) in [5.41, 5.74) is 3.46. The van der Waals surface area contributed by atoms with Crippen LogP contribution in [-0.2, 0) is 0 Å². The van der Waals surface area contributed by atoms with Crippen molar-refractivity contribution < 1.29 is 14.6 Å². The second kappa shape index (κ2) is 6.87. The maximum atomic E-state index is 12.0. The standard InChI is InChI=1S/C20H17NO3/c1-14-12-16(15-6-5-7-17(22)13-15)10-11-19(14)21-20(23)24-18-8-3-2-4-9-18/h2-13,22H,1H3,(H,21,23). The van der Waals surface area contributed by atoms with Crippen LogP contribution in [0.4, 0.5) is 10.5 Å².